The van der Waals surface area contributed by atoms with E-state index in [1.807, 2.05) is 19.2 Å². The van der Waals surface area contributed by atoms with Crippen LogP contribution in [0, 0.1) is 5.41 Å². The second-order valence-corrected chi connectivity index (χ2v) is 6.44. The van der Waals surface area contributed by atoms with E-state index >= 15 is 0 Å². The first-order chi connectivity index (χ1) is 13.0. The SMILES string of the molecule is CN1CCN(c2cc(-c3cnc(/C=C\C(=N)C(F)F)[nH]3)ccn2)CC1CO. The molecule has 1 fully saturated rings. The lowest BCUT2D eigenvalue weighted by Gasteiger charge is -2.39. The number of anilines is 1. The Morgan fingerprint density at radius 2 is 2.26 bits per heavy atom. The summed E-state index contributed by atoms with van der Waals surface area (Å²) in [5.74, 6) is 1.21. The predicted molar refractivity (Wildman–Crippen MR) is 100 cm³/mol. The number of hydrogen-bond acceptors (Lipinski definition) is 6. The number of piperazine rings is 1. The molecule has 0 aliphatic carbocycles. The van der Waals surface area contributed by atoms with Gasteiger partial charge in [0, 0.05) is 31.4 Å². The van der Waals surface area contributed by atoms with Gasteiger partial charge < -0.3 is 15.0 Å². The average molecular weight is 376 g/mol. The summed E-state index contributed by atoms with van der Waals surface area (Å²) < 4.78 is 24.7. The Balaban J connectivity index is 1.75. The summed E-state index contributed by atoms with van der Waals surface area (Å²) in [5.41, 5.74) is 0.845. The lowest BCUT2D eigenvalue weighted by Crippen LogP contribution is -2.53. The van der Waals surface area contributed by atoms with Gasteiger partial charge in [0.05, 0.1) is 30.3 Å². The third kappa shape index (κ3) is 4.55. The number of aromatic nitrogens is 3. The van der Waals surface area contributed by atoms with Crippen LogP contribution in [0.3, 0.4) is 0 Å². The molecule has 0 saturated carbocycles. The first-order valence-electron chi connectivity index (χ1n) is 8.60. The summed E-state index contributed by atoms with van der Waals surface area (Å²) in [6, 6.07) is 3.84. The van der Waals surface area contributed by atoms with Crippen molar-refractivity contribution in [1.29, 1.82) is 5.41 Å². The van der Waals surface area contributed by atoms with Gasteiger partial charge in [-0.05, 0) is 31.3 Å². The van der Waals surface area contributed by atoms with Crippen molar-refractivity contribution in [3.05, 3.63) is 36.4 Å². The summed E-state index contributed by atoms with van der Waals surface area (Å²) in [7, 11) is 2.00. The van der Waals surface area contributed by atoms with Gasteiger partial charge in [0.15, 0.2) is 0 Å². The Morgan fingerprint density at radius 1 is 1.44 bits per heavy atom. The maximum Gasteiger partial charge on any atom is 0.279 e. The molecule has 9 heteroatoms. The minimum Gasteiger partial charge on any atom is -0.395 e. The number of allylic oxidation sites excluding steroid dienone is 1. The summed E-state index contributed by atoms with van der Waals surface area (Å²) >= 11 is 0. The molecule has 0 aromatic carbocycles. The monoisotopic (exact) mass is 376 g/mol. The lowest BCUT2D eigenvalue weighted by molar-refractivity contribution is 0.135. The van der Waals surface area contributed by atoms with Gasteiger partial charge in [-0.25, -0.2) is 18.7 Å². The number of aliphatic hydroxyl groups excluding tert-OH is 1. The van der Waals surface area contributed by atoms with Gasteiger partial charge in [-0.3, -0.25) is 10.3 Å². The number of alkyl halides is 2. The summed E-state index contributed by atoms with van der Waals surface area (Å²) in [4.78, 5) is 15.9. The van der Waals surface area contributed by atoms with Crippen LogP contribution in [0.2, 0.25) is 0 Å². The zero-order chi connectivity index (χ0) is 19.4. The van der Waals surface area contributed by atoms with Crippen LogP contribution >= 0.6 is 0 Å². The van der Waals surface area contributed by atoms with Crippen molar-refractivity contribution in [1.82, 2.24) is 19.9 Å². The Bertz CT molecular complexity index is 822. The molecule has 0 amide bonds. The highest BCUT2D eigenvalue weighted by atomic mass is 19.3. The van der Waals surface area contributed by atoms with Crippen LogP contribution < -0.4 is 4.90 Å². The quantitative estimate of drug-likeness (QED) is 0.670. The van der Waals surface area contributed by atoms with E-state index in [-0.39, 0.29) is 12.6 Å². The molecule has 0 radical (unpaired) electrons. The highest BCUT2D eigenvalue weighted by molar-refractivity contribution is 5.97. The lowest BCUT2D eigenvalue weighted by atomic mass is 10.1. The highest BCUT2D eigenvalue weighted by Gasteiger charge is 2.24. The zero-order valence-electron chi connectivity index (χ0n) is 14.9. The van der Waals surface area contributed by atoms with Crippen LogP contribution in [0.15, 0.2) is 30.6 Å². The number of pyridine rings is 1. The molecular weight excluding hydrogens is 354 g/mol. The maximum absolute atomic E-state index is 12.4. The van der Waals surface area contributed by atoms with E-state index in [1.54, 1.807) is 12.4 Å². The van der Waals surface area contributed by atoms with Crippen LogP contribution in [0.5, 0.6) is 0 Å². The van der Waals surface area contributed by atoms with Gasteiger partial charge in [-0.2, -0.15) is 0 Å². The predicted octanol–water partition coefficient (Wildman–Crippen LogP) is 1.88. The van der Waals surface area contributed by atoms with E-state index in [9.17, 15) is 13.9 Å². The summed E-state index contributed by atoms with van der Waals surface area (Å²) in [5, 5.41) is 16.7. The van der Waals surface area contributed by atoms with Crippen molar-refractivity contribution < 1.29 is 13.9 Å². The molecule has 27 heavy (non-hydrogen) atoms. The fourth-order valence-corrected chi connectivity index (χ4v) is 2.92. The number of aliphatic hydroxyl groups is 1. The largest absolute Gasteiger partial charge is 0.395 e. The van der Waals surface area contributed by atoms with Crippen molar-refractivity contribution in [3.8, 4) is 11.3 Å². The number of nitrogens with zero attached hydrogens (tertiary/aromatic N) is 4. The number of H-pyrrole nitrogens is 1. The number of halogens is 2. The summed E-state index contributed by atoms with van der Waals surface area (Å²) in [6.07, 6.45) is 2.91. The number of hydrogen-bond donors (Lipinski definition) is 3. The standard InChI is InChI=1S/C18H22F2N6O/c1-25-6-7-26(10-13(25)11-27)17-8-12(4-5-22-17)15-9-23-16(24-15)3-2-14(21)18(19)20/h2-5,8-9,13,18,21,27H,6-7,10-11H2,1H3,(H,23,24)/b3-2-,21-14?. The molecule has 0 spiro atoms. The second-order valence-electron chi connectivity index (χ2n) is 6.44. The summed E-state index contributed by atoms with van der Waals surface area (Å²) in [6.45, 7) is 2.44. The third-order valence-electron chi connectivity index (χ3n) is 4.62. The van der Waals surface area contributed by atoms with Crippen molar-refractivity contribution in [2.24, 2.45) is 0 Å². The van der Waals surface area contributed by atoms with Crippen LogP contribution in [-0.4, -0.2) is 76.4 Å². The van der Waals surface area contributed by atoms with Gasteiger partial charge in [0.25, 0.3) is 6.43 Å². The van der Waals surface area contributed by atoms with Crippen LogP contribution in [0.4, 0.5) is 14.6 Å². The van der Waals surface area contributed by atoms with Crippen LogP contribution in [-0.2, 0) is 0 Å². The normalized spacial score (nSPS) is 18.6. The Hall–Kier alpha value is -2.65. The van der Waals surface area contributed by atoms with E-state index in [0.29, 0.717) is 12.4 Å². The topological polar surface area (TPSA) is 92.1 Å². The first-order valence-corrected chi connectivity index (χ1v) is 8.60. The zero-order valence-corrected chi connectivity index (χ0v) is 14.9. The molecular formula is C18H22F2N6O. The van der Waals surface area contributed by atoms with Gasteiger partial charge >= 0.3 is 0 Å². The molecule has 3 rings (SSSR count). The molecule has 2 aromatic rings. The fraction of sp³-hybridized carbons (Fsp3) is 0.389. The van der Waals surface area contributed by atoms with E-state index in [2.05, 4.69) is 24.8 Å². The molecule has 1 atom stereocenters. The molecule has 1 unspecified atom stereocenters. The molecule has 1 saturated heterocycles. The second kappa shape index (κ2) is 8.36. The van der Waals surface area contributed by atoms with Gasteiger partial charge in [-0.1, -0.05) is 0 Å². The molecule has 3 N–H and O–H groups in total. The van der Waals surface area contributed by atoms with E-state index in [0.717, 1.165) is 36.2 Å². The molecule has 0 bridgehead atoms. The average Bonchev–Trinajstić information content (AvgIpc) is 3.15. The molecule has 1 aliphatic rings. The van der Waals surface area contributed by atoms with Gasteiger partial charge in [-0.15, -0.1) is 0 Å². The van der Waals surface area contributed by atoms with Crippen LogP contribution in [0.1, 0.15) is 5.82 Å². The smallest absolute Gasteiger partial charge is 0.279 e. The van der Waals surface area contributed by atoms with Crippen molar-refractivity contribution >= 4 is 17.6 Å². The first kappa shape index (κ1) is 19.1. The van der Waals surface area contributed by atoms with Crippen molar-refractivity contribution in [2.45, 2.75) is 12.5 Å². The van der Waals surface area contributed by atoms with Crippen molar-refractivity contribution in [3.63, 3.8) is 0 Å². The molecule has 7 nitrogen and oxygen atoms in total. The van der Waals surface area contributed by atoms with Gasteiger partial charge in [0.1, 0.15) is 11.6 Å². The number of nitrogens with one attached hydrogen (secondary N) is 2. The fourth-order valence-electron chi connectivity index (χ4n) is 2.92. The van der Waals surface area contributed by atoms with E-state index in [1.165, 1.54) is 6.08 Å². The maximum atomic E-state index is 12.4. The number of rotatable bonds is 6. The highest BCUT2D eigenvalue weighted by Crippen LogP contribution is 2.23. The Kier molecular flexibility index (Phi) is 5.92. The number of likely N-dealkylation sites (N-methyl/N-ethyl adjacent to an activating group) is 1. The van der Waals surface area contributed by atoms with Crippen LogP contribution in [0.25, 0.3) is 17.3 Å². The molecule has 2 aromatic heterocycles. The Morgan fingerprint density at radius 3 is 3.00 bits per heavy atom. The Labute approximate surface area is 155 Å². The molecule has 1 aliphatic heterocycles. The molecule has 144 valence electrons. The minimum absolute atomic E-state index is 0.0678. The number of aromatic amines is 1. The number of imidazole rings is 1. The van der Waals surface area contributed by atoms with E-state index < -0.39 is 12.1 Å². The third-order valence-corrected chi connectivity index (χ3v) is 4.62. The van der Waals surface area contributed by atoms with Gasteiger partial charge in [0.2, 0.25) is 0 Å². The van der Waals surface area contributed by atoms with E-state index in [4.69, 9.17) is 5.41 Å². The molecule has 3 heterocycles. The minimum atomic E-state index is -2.80. The van der Waals surface area contributed by atoms with Crippen molar-refractivity contribution in [2.75, 3.05) is 38.2 Å².